The van der Waals surface area contributed by atoms with Gasteiger partial charge in [-0.2, -0.15) is 0 Å². The maximum atomic E-state index is 12.3. The molecule has 0 aliphatic rings. The Kier molecular flexibility index (Phi) is 5.98. The van der Waals surface area contributed by atoms with Gasteiger partial charge in [0.05, 0.1) is 4.92 Å². The maximum absolute atomic E-state index is 12.3. The van der Waals surface area contributed by atoms with Gasteiger partial charge in [0.25, 0.3) is 5.69 Å². The number of hydrogen-bond donors (Lipinski definition) is 3. The van der Waals surface area contributed by atoms with E-state index in [1.54, 1.807) is 36.4 Å². The van der Waals surface area contributed by atoms with Crippen molar-refractivity contribution in [1.29, 1.82) is 0 Å². The summed E-state index contributed by atoms with van der Waals surface area (Å²) in [5.74, 6) is 0. The number of hydrogen-bond acceptors (Lipinski definition) is 4. The van der Waals surface area contributed by atoms with Crippen LogP contribution in [0.15, 0.2) is 72.8 Å². The van der Waals surface area contributed by atoms with Gasteiger partial charge in [0, 0.05) is 30.1 Å². The summed E-state index contributed by atoms with van der Waals surface area (Å²) in [4.78, 5) is 22.7. The standard InChI is InChI=1S/C21H19N3O4/c25-13-12-16-4-1-2-7-20(16)23-21(26)22-18-6-3-5-17(14-18)15-8-10-19(11-9-15)24(27)28/h1-11,14,25H,12-13H2,(H2,22,23,26). The average Bonchev–Trinajstić information content (AvgIpc) is 2.70. The lowest BCUT2D eigenvalue weighted by Gasteiger charge is -2.12. The van der Waals surface area contributed by atoms with Crippen molar-refractivity contribution in [2.45, 2.75) is 6.42 Å². The highest BCUT2D eigenvalue weighted by Gasteiger charge is 2.09. The topological polar surface area (TPSA) is 104 Å². The third-order valence-corrected chi connectivity index (χ3v) is 4.18. The molecule has 0 aliphatic carbocycles. The monoisotopic (exact) mass is 377 g/mol. The van der Waals surface area contributed by atoms with Crippen LogP contribution in [0, 0.1) is 10.1 Å². The maximum Gasteiger partial charge on any atom is 0.323 e. The quantitative estimate of drug-likeness (QED) is 0.436. The van der Waals surface area contributed by atoms with Gasteiger partial charge in [0.15, 0.2) is 0 Å². The van der Waals surface area contributed by atoms with Crippen LogP contribution in [-0.2, 0) is 6.42 Å². The van der Waals surface area contributed by atoms with Gasteiger partial charge < -0.3 is 15.7 Å². The number of nitrogens with one attached hydrogen (secondary N) is 2. The van der Waals surface area contributed by atoms with Crippen LogP contribution in [-0.4, -0.2) is 22.7 Å². The number of nitro benzene ring substituents is 1. The zero-order valence-electron chi connectivity index (χ0n) is 15.0. The number of non-ortho nitro benzene ring substituents is 1. The number of nitrogens with zero attached hydrogens (tertiary/aromatic N) is 1. The van der Waals surface area contributed by atoms with Crippen LogP contribution >= 0.6 is 0 Å². The minimum atomic E-state index is -0.444. The van der Waals surface area contributed by atoms with Gasteiger partial charge in [-0.05, 0) is 53.4 Å². The summed E-state index contributed by atoms with van der Waals surface area (Å²) in [5.41, 5.74) is 3.74. The predicted molar refractivity (Wildman–Crippen MR) is 108 cm³/mol. The van der Waals surface area contributed by atoms with Gasteiger partial charge in [-0.15, -0.1) is 0 Å². The van der Waals surface area contributed by atoms with Gasteiger partial charge in [0.1, 0.15) is 0 Å². The molecular weight excluding hydrogens is 358 g/mol. The molecule has 0 radical (unpaired) electrons. The first-order chi connectivity index (χ1) is 13.6. The van der Waals surface area contributed by atoms with Crippen molar-refractivity contribution in [3.8, 4) is 11.1 Å². The molecular formula is C21H19N3O4. The van der Waals surface area contributed by atoms with E-state index in [-0.39, 0.29) is 12.3 Å². The number of amides is 2. The Hall–Kier alpha value is -3.71. The summed E-state index contributed by atoms with van der Waals surface area (Å²) in [6.07, 6.45) is 0.450. The highest BCUT2D eigenvalue weighted by Crippen LogP contribution is 2.25. The van der Waals surface area contributed by atoms with E-state index >= 15 is 0 Å². The first kappa shape index (κ1) is 19.1. The Morgan fingerprint density at radius 1 is 0.929 bits per heavy atom. The van der Waals surface area contributed by atoms with Gasteiger partial charge in [0.2, 0.25) is 0 Å². The smallest absolute Gasteiger partial charge is 0.323 e. The number of carbonyl (C=O) groups is 1. The Balaban J connectivity index is 1.72. The molecule has 0 bridgehead atoms. The molecule has 0 spiro atoms. The van der Waals surface area contributed by atoms with E-state index in [0.717, 1.165) is 16.7 Å². The normalized spacial score (nSPS) is 10.3. The van der Waals surface area contributed by atoms with E-state index in [1.165, 1.54) is 12.1 Å². The molecule has 7 heteroatoms. The SMILES string of the molecule is O=C(Nc1cccc(-c2ccc([N+](=O)[O-])cc2)c1)Nc1ccccc1CCO. The van der Waals surface area contributed by atoms with E-state index in [1.807, 2.05) is 24.3 Å². The lowest BCUT2D eigenvalue weighted by molar-refractivity contribution is -0.384. The van der Waals surface area contributed by atoms with Crippen molar-refractivity contribution in [2.24, 2.45) is 0 Å². The molecule has 2 amide bonds. The van der Waals surface area contributed by atoms with Crippen molar-refractivity contribution >= 4 is 23.1 Å². The molecule has 0 aliphatic heterocycles. The lowest BCUT2D eigenvalue weighted by atomic mass is 10.0. The number of anilines is 2. The first-order valence-electron chi connectivity index (χ1n) is 8.68. The first-order valence-corrected chi connectivity index (χ1v) is 8.68. The van der Waals surface area contributed by atoms with Gasteiger partial charge in [-0.3, -0.25) is 10.1 Å². The van der Waals surface area contributed by atoms with Crippen LogP contribution in [0.2, 0.25) is 0 Å². The second-order valence-corrected chi connectivity index (χ2v) is 6.09. The number of aliphatic hydroxyl groups is 1. The van der Waals surface area contributed by atoms with Crippen molar-refractivity contribution in [3.63, 3.8) is 0 Å². The molecule has 7 nitrogen and oxygen atoms in total. The second-order valence-electron chi connectivity index (χ2n) is 6.09. The van der Waals surface area contributed by atoms with Gasteiger partial charge in [-0.25, -0.2) is 4.79 Å². The largest absolute Gasteiger partial charge is 0.396 e. The van der Waals surface area contributed by atoms with E-state index < -0.39 is 11.0 Å². The van der Waals surface area contributed by atoms with Gasteiger partial charge in [-0.1, -0.05) is 30.3 Å². The van der Waals surface area contributed by atoms with Crippen molar-refractivity contribution in [1.82, 2.24) is 0 Å². The third kappa shape index (κ3) is 4.72. The third-order valence-electron chi connectivity index (χ3n) is 4.18. The molecule has 0 aromatic heterocycles. The minimum absolute atomic E-state index is 0.00239. The summed E-state index contributed by atoms with van der Waals surface area (Å²) in [6, 6.07) is 20.3. The molecule has 3 aromatic rings. The van der Waals surface area contributed by atoms with Crippen LogP contribution in [0.5, 0.6) is 0 Å². The second kappa shape index (κ2) is 8.79. The van der Waals surface area contributed by atoms with E-state index in [2.05, 4.69) is 10.6 Å². The Morgan fingerprint density at radius 2 is 1.68 bits per heavy atom. The predicted octanol–water partition coefficient (Wildman–Crippen LogP) is 4.44. The fraction of sp³-hybridized carbons (Fsp3) is 0.0952. The molecule has 0 fully saturated rings. The zero-order valence-corrected chi connectivity index (χ0v) is 15.0. The molecule has 3 N–H and O–H groups in total. The number of carbonyl (C=O) groups excluding carboxylic acids is 1. The number of para-hydroxylation sites is 1. The number of aliphatic hydroxyl groups excluding tert-OH is 1. The molecule has 0 atom stereocenters. The summed E-state index contributed by atoms with van der Waals surface area (Å²) in [6.45, 7) is -0.00239. The van der Waals surface area contributed by atoms with Crippen LogP contribution < -0.4 is 10.6 Å². The number of urea groups is 1. The van der Waals surface area contributed by atoms with Crippen LogP contribution in [0.25, 0.3) is 11.1 Å². The summed E-state index contributed by atoms with van der Waals surface area (Å²) < 4.78 is 0. The van der Waals surface area contributed by atoms with Crippen molar-refractivity contribution < 1.29 is 14.8 Å². The van der Waals surface area contributed by atoms with E-state index in [9.17, 15) is 14.9 Å². The number of nitro groups is 1. The highest BCUT2D eigenvalue weighted by molar-refractivity contribution is 6.00. The Morgan fingerprint density at radius 3 is 2.39 bits per heavy atom. The molecule has 0 heterocycles. The molecule has 3 aromatic carbocycles. The molecule has 3 rings (SSSR count). The van der Waals surface area contributed by atoms with Crippen LogP contribution in [0.4, 0.5) is 21.9 Å². The molecule has 28 heavy (non-hydrogen) atoms. The number of rotatable bonds is 6. The minimum Gasteiger partial charge on any atom is -0.396 e. The van der Waals surface area contributed by atoms with E-state index in [0.29, 0.717) is 17.8 Å². The molecule has 0 unspecified atom stereocenters. The van der Waals surface area contributed by atoms with Crippen molar-refractivity contribution in [3.05, 3.63) is 88.5 Å². The van der Waals surface area contributed by atoms with E-state index in [4.69, 9.17) is 5.11 Å². The van der Waals surface area contributed by atoms with Crippen molar-refractivity contribution in [2.75, 3.05) is 17.2 Å². The Bertz CT molecular complexity index is 987. The molecule has 142 valence electrons. The summed E-state index contributed by atoms with van der Waals surface area (Å²) >= 11 is 0. The molecule has 0 saturated carbocycles. The molecule has 0 saturated heterocycles. The Labute approximate surface area is 161 Å². The van der Waals surface area contributed by atoms with Gasteiger partial charge >= 0.3 is 6.03 Å². The zero-order chi connectivity index (χ0) is 19.9. The van der Waals surface area contributed by atoms with Crippen LogP contribution in [0.1, 0.15) is 5.56 Å². The average molecular weight is 377 g/mol. The highest BCUT2D eigenvalue weighted by atomic mass is 16.6. The lowest BCUT2D eigenvalue weighted by Crippen LogP contribution is -2.20. The fourth-order valence-corrected chi connectivity index (χ4v) is 2.82. The summed E-state index contributed by atoms with van der Waals surface area (Å²) in [7, 11) is 0. The number of benzene rings is 3. The summed E-state index contributed by atoms with van der Waals surface area (Å²) in [5, 5.41) is 25.5. The fourth-order valence-electron chi connectivity index (χ4n) is 2.82. The van der Waals surface area contributed by atoms with Crippen LogP contribution in [0.3, 0.4) is 0 Å².